The number of hydrogen-bond acceptors (Lipinski definition) is 3. The van der Waals surface area contributed by atoms with Gasteiger partial charge in [-0.15, -0.1) is 6.42 Å². The van der Waals surface area contributed by atoms with Crippen LogP contribution in [0.15, 0.2) is 16.7 Å². The number of carbonyl (C=O) groups excluding carboxylic acids is 1. The van der Waals surface area contributed by atoms with Crippen molar-refractivity contribution in [2.45, 2.75) is 6.18 Å². The minimum atomic E-state index is -4.79. The van der Waals surface area contributed by atoms with Crippen LogP contribution in [0.25, 0.3) is 0 Å². The van der Waals surface area contributed by atoms with Crippen molar-refractivity contribution >= 4 is 21.8 Å². The number of amides is 1. The molecule has 0 bridgehead atoms. The third-order valence-electron chi connectivity index (χ3n) is 2.19. The van der Waals surface area contributed by atoms with Gasteiger partial charge in [0.05, 0.1) is 18.2 Å². The fourth-order valence-electron chi connectivity index (χ4n) is 1.39. The Bertz CT molecular complexity index is 585. The summed E-state index contributed by atoms with van der Waals surface area (Å²) >= 11 is 2.82. The van der Waals surface area contributed by atoms with Gasteiger partial charge in [-0.1, -0.05) is 5.92 Å². The van der Waals surface area contributed by atoms with Gasteiger partial charge >= 0.3 is 6.18 Å². The molecule has 1 heterocycles. The van der Waals surface area contributed by atoms with Crippen LogP contribution in [0.3, 0.4) is 0 Å². The van der Waals surface area contributed by atoms with Crippen LogP contribution >= 0.6 is 15.9 Å². The molecular formula is C12H7BrF3N3O. The maximum atomic E-state index is 12.9. The fourth-order valence-corrected chi connectivity index (χ4v) is 1.70. The molecule has 8 heteroatoms. The van der Waals surface area contributed by atoms with Gasteiger partial charge in [0.1, 0.15) is 11.1 Å². The van der Waals surface area contributed by atoms with Crippen LogP contribution in [0.1, 0.15) is 16.1 Å². The Hall–Kier alpha value is -2.06. The summed E-state index contributed by atoms with van der Waals surface area (Å²) < 4.78 is 38.5. The zero-order valence-electron chi connectivity index (χ0n) is 9.91. The quantitative estimate of drug-likeness (QED) is 0.480. The lowest BCUT2D eigenvalue weighted by Crippen LogP contribution is -2.33. The molecule has 0 aliphatic heterocycles. The Balaban J connectivity index is 3.29. The molecule has 0 aliphatic carbocycles. The van der Waals surface area contributed by atoms with E-state index in [-0.39, 0.29) is 11.1 Å². The molecular weight excluding hydrogens is 339 g/mol. The molecule has 1 rings (SSSR count). The van der Waals surface area contributed by atoms with E-state index >= 15 is 0 Å². The van der Waals surface area contributed by atoms with Gasteiger partial charge in [-0.3, -0.25) is 4.79 Å². The summed E-state index contributed by atoms with van der Waals surface area (Å²) in [7, 11) is 0. The Kier molecular flexibility index (Phi) is 5.12. The maximum absolute atomic E-state index is 12.9. The average molecular weight is 346 g/mol. The molecule has 0 aliphatic rings. The van der Waals surface area contributed by atoms with Crippen molar-refractivity contribution in [2.24, 2.45) is 0 Å². The number of aromatic nitrogens is 1. The minimum absolute atomic E-state index is 0.0508. The summed E-state index contributed by atoms with van der Waals surface area (Å²) in [5, 5.41) is 8.57. The summed E-state index contributed by atoms with van der Waals surface area (Å²) in [6, 6.07) is 3.87. The minimum Gasteiger partial charge on any atom is -0.314 e. The third kappa shape index (κ3) is 3.72. The Morgan fingerprint density at radius 3 is 2.60 bits per heavy atom. The smallest absolute Gasteiger partial charge is 0.314 e. The van der Waals surface area contributed by atoms with Crippen molar-refractivity contribution in [3.8, 4) is 18.4 Å². The van der Waals surface area contributed by atoms with Crippen molar-refractivity contribution < 1.29 is 18.0 Å². The number of carbonyl (C=O) groups is 1. The van der Waals surface area contributed by atoms with E-state index in [0.717, 1.165) is 11.0 Å². The lowest BCUT2D eigenvalue weighted by atomic mass is 10.1. The molecule has 1 amide bonds. The largest absolute Gasteiger partial charge is 0.434 e. The van der Waals surface area contributed by atoms with E-state index in [0.29, 0.717) is 0 Å². The summed E-state index contributed by atoms with van der Waals surface area (Å²) in [5.74, 6) is 1.13. The Morgan fingerprint density at radius 1 is 1.45 bits per heavy atom. The zero-order chi connectivity index (χ0) is 15.3. The summed E-state index contributed by atoms with van der Waals surface area (Å²) in [6.07, 6.45) is 0.236. The van der Waals surface area contributed by atoms with Crippen LogP contribution in [0.2, 0.25) is 0 Å². The molecule has 0 saturated carbocycles. The van der Waals surface area contributed by atoms with Gasteiger partial charge in [0, 0.05) is 0 Å². The number of hydrogen-bond donors (Lipinski definition) is 0. The van der Waals surface area contributed by atoms with Crippen molar-refractivity contribution in [2.75, 3.05) is 13.1 Å². The molecule has 20 heavy (non-hydrogen) atoms. The van der Waals surface area contributed by atoms with Gasteiger partial charge in [0.25, 0.3) is 5.91 Å². The number of terminal acetylenes is 1. The third-order valence-corrected chi connectivity index (χ3v) is 2.63. The number of alkyl halides is 3. The van der Waals surface area contributed by atoms with Crippen molar-refractivity contribution in [3.05, 3.63) is 28.0 Å². The predicted molar refractivity (Wildman–Crippen MR) is 67.3 cm³/mol. The lowest BCUT2D eigenvalue weighted by molar-refractivity contribution is -0.141. The first kappa shape index (κ1) is 16.0. The molecule has 0 saturated heterocycles. The van der Waals surface area contributed by atoms with Crippen LogP contribution in [0.4, 0.5) is 13.2 Å². The highest BCUT2D eigenvalue weighted by molar-refractivity contribution is 9.10. The summed E-state index contributed by atoms with van der Waals surface area (Å²) in [5.41, 5.74) is -1.97. The second-order valence-electron chi connectivity index (χ2n) is 3.55. The highest BCUT2D eigenvalue weighted by atomic mass is 79.9. The molecule has 1 aromatic rings. The monoisotopic (exact) mass is 345 g/mol. The normalized spacial score (nSPS) is 10.5. The number of rotatable bonds is 3. The van der Waals surface area contributed by atoms with E-state index in [1.54, 1.807) is 6.07 Å². The molecule has 0 radical (unpaired) electrons. The van der Waals surface area contributed by atoms with Crippen LogP contribution < -0.4 is 0 Å². The van der Waals surface area contributed by atoms with Gasteiger partial charge in [-0.25, -0.2) is 4.98 Å². The van der Waals surface area contributed by atoms with Crippen LogP contribution in [0.5, 0.6) is 0 Å². The number of pyridine rings is 1. The first-order valence-electron chi connectivity index (χ1n) is 5.14. The Labute approximate surface area is 121 Å². The van der Waals surface area contributed by atoms with Crippen LogP contribution in [-0.2, 0) is 6.18 Å². The molecule has 4 nitrogen and oxygen atoms in total. The van der Waals surface area contributed by atoms with Crippen LogP contribution in [0, 0.1) is 23.7 Å². The van der Waals surface area contributed by atoms with E-state index in [4.69, 9.17) is 11.7 Å². The highest BCUT2D eigenvalue weighted by Crippen LogP contribution is 2.32. The molecule has 104 valence electrons. The summed E-state index contributed by atoms with van der Waals surface area (Å²) in [6.45, 7) is -0.670. The number of nitrogens with zero attached hydrogens (tertiary/aromatic N) is 3. The van der Waals surface area contributed by atoms with Gasteiger partial charge in [-0.05, 0) is 28.1 Å². The number of halogens is 4. The van der Waals surface area contributed by atoms with E-state index in [1.165, 1.54) is 6.07 Å². The zero-order valence-corrected chi connectivity index (χ0v) is 11.5. The molecule has 0 atom stereocenters. The lowest BCUT2D eigenvalue weighted by Gasteiger charge is -2.19. The van der Waals surface area contributed by atoms with Crippen LogP contribution in [-0.4, -0.2) is 28.9 Å². The van der Waals surface area contributed by atoms with E-state index in [2.05, 4.69) is 26.8 Å². The molecule has 0 fully saturated rings. The second-order valence-corrected chi connectivity index (χ2v) is 4.36. The highest BCUT2D eigenvalue weighted by Gasteiger charge is 2.38. The molecule has 0 aromatic carbocycles. The molecule has 0 N–H and O–H groups in total. The van der Waals surface area contributed by atoms with Gasteiger partial charge in [0.2, 0.25) is 0 Å². The molecule has 1 aromatic heterocycles. The van der Waals surface area contributed by atoms with E-state index in [9.17, 15) is 18.0 Å². The second kappa shape index (κ2) is 6.40. The van der Waals surface area contributed by atoms with E-state index < -0.39 is 29.9 Å². The van der Waals surface area contributed by atoms with Gasteiger partial charge < -0.3 is 4.90 Å². The standard InChI is InChI=1S/C12H7BrF3N3O/c1-2-6-19(7-5-17)11(20)8-3-4-9(13)18-10(8)12(14,15)16/h1,3-4H,6-7H2. The van der Waals surface area contributed by atoms with E-state index in [1.807, 2.05) is 0 Å². The first-order valence-corrected chi connectivity index (χ1v) is 5.94. The van der Waals surface area contributed by atoms with Gasteiger partial charge in [-0.2, -0.15) is 18.4 Å². The molecule has 0 spiro atoms. The Morgan fingerprint density at radius 2 is 2.10 bits per heavy atom. The predicted octanol–water partition coefficient (Wildman–Crippen LogP) is 2.46. The fraction of sp³-hybridized carbons (Fsp3) is 0.250. The summed E-state index contributed by atoms with van der Waals surface area (Å²) in [4.78, 5) is 16.1. The van der Waals surface area contributed by atoms with Crippen molar-refractivity contribution in [1.82, 2.24) is 9.88 Å². The SMILES string of the molecule is C#CCN(CC#N)C(=O)c1ccc(Br)nc1C(F)(F)F. The molecule has 0 unspecified atom stereocenters. The maximum Gasteiger partial charge on any atom is 0.434 e. The van der Waals surface area contributed by atoms with Crippen molar-refractivity contribution in [3.63, 3.8) is 0 Å². The topological polar surface area (TPSA) is 57.0 Å². The average Bonchev–Trinajstić information content (AvgIpc) is 2.36. The van der Waals surface area contributed by atoms with Crippen molar-refractivity contribution in [1.29, 1.82) is 5.26 Å². The van der Waals surface area contributed by atoms with Gasteiger partial charge in [0.15, 0.2) is 5.69 Å². The first-order chi connectivity index (χ1) is 9.31. The number of nitriles is 1.